The Morgan fingerprint density at radius 2 is 1.04 bits per heavy atom. The van der Waals surface area contributed by atoms with Crippen LogP contribution in [0.25, 0.3) is 10.9 Å². The number of carboxylic acid groups (broad SMARTS) is 1. The lowest BCUT2D eigenvalue weighted by Gasteiger charge is -2.29. The van der Waals surface area contributed by atoms with Gasteiger partial charge in [-0.3, -0.25) is 33.6 Å². The van der Waals surface area contributed by atoms with Crippen LogP contribution in [0.3, 0.4) is 0 Å². The minimum Gasteiger partial charge on any atom is -0.508 e. The fourth-order valence-electron chi connectivity index (χ4n) is 8.46. The molecule has 0 aliphatic carbocycles. The number of para-hydroxylation sites is 1. The molecule has 15 N–H and O–H groups in total. The number of benzene rings is 4. The Morgan fingerprint density at radius 3 is 1.60 bits per heavy atom. The van der Waals surface area contributed by atoms with Crippen LogP contribution in [0.1, 0.15) is 48.4 Å². The summed E-state index contributed by atoms with van der Waals surface area (Å²) in [6.07, 6.45) is 0.380. The molecular formula is C54H66N10O11S2. The summed E-state index contributed by atoms with van der Waals surface area (Å²) in [6.45, 7) is 1.48. The van der Waals surface area contributed by atoms with E-state index in [0.29, 0.717) is 35.1 Å². The van der Waals surface area contributed by atoms with Crippen molar-refractivity contribution < 1.29 is 53.7 Å². The number of aliphatic hydroxyl groups excluding tert-OH is 1. The van der Waals surface area contributed by atoms with E-state index in [0.717, 1.165) is 32.5 Å². The lowest BCUT2D eigenvalue weighted by atomic mass is 10.00. The van der Waals surface area contributed by atoms with E-state index in [2.05, 4.69) is 42.2 Å². The molecule has 410 valence electrons. The fraction of sp³-hybridized carbons (Fsp3) is 0.370. The summed E-state index contributed by atoms with van der Waals surface area (Å²) >= 11 is 0. The molecule has 1 saturated heterocycles. The fourth-order valence-corrected chi connectivity index (χ4v) is 10.7. The van der Waals surface area contributed by atoms with Crippen molar-refractivity contribution in [1.29, 1.82) is 0 Å². The minimum absolute atomic E-state index is 0.0136. The third-order valence-corrected chi connectivity index (χ3v) is 15.2. The smallest absolute Gasteiger partial charge is 0.327 e. The average molecular weight is 1100 g/mol. The molecule has 6 rings (SSSR count). The summed E-state index contributed by atoms with van der Waals surface area (Å²) in [5.74, 6) is -7.73. The molecule has 4 aromatic carbocycles. The van der Waals surface area contributed by atoms with Crippen molar-refractivity contribution in [2.24, 2.45) is 11.5 Å². The van der Waals surface area contributed by atoms with Gasteiger partial charge in [-0.15, -0.1) is 0 Å². The number of aliphatic carboxylic acids is 1. The first kappa shape index (κ1) is 58.8. The highest BCUT2D eigenvalue weighted by Gasteiger charge is 2.36. The SMILES string of the molecule is C[C@@H](O)[C@@H]1NC(=O)[C@H](CCCCN)NC(=O)[C@H](Cc2c[nH]c3ccccc23)NC(=O)[C@H](Cc2ccc(O)cc2)NC(=O)[C@H](Cc2ccccc2)NC(=O)[C@@H](N)CSSC[C@@H](C(=O)O)NC(=O)[C@H](Cc2ccccc2)NC1=O. The quantitative estimate of drug-likeness (QED) is 0.0542. The van der Waals surface area contributed by atoms with Gasteiger partial charge in [-0.05, 0) is 73.2 Å². The van der Waals surface area contributed by atoms with Crippen molar-refractivity contribution in [3.63, 3.8) is 0 Å². The van der Waals surface area contributed by atoms with Gasteiger partial charge in [0.25, 0.3) is 0 Å². The van der Waals surface area contributed by atoms with Gasteiger partial charge >= 0.3 is 5.97 Å². The Labute approximate surface area is 453 Å². The molecule has 9 atom stereocenters. The number of unbranched alkanes of at least 4 members (excludes halogenated alkanes) is 1. The molecule has 1 aromatic heterocycles. The first-order valence-corrected chi connectivity index (χ1v) is 27.6. The Bertz CT molecular complexity index is 2810. The minimum atomic E-state index is -1.71. The predicted octanol–water partition coefficient (Wildman–Crippen LogP) is 0.854. The van der Waals surface area contributed by atoms with Crippen molar-refractivity contribution in [2.45, 2.75) is 106 Å². The molecule has 0 saturated carbocycles. The van der Waals surface area contributed by atoms with Crippen LogP contribution in [0, 0.1) is 0 Å². The number of H-pyrrole nitrogens is 1. The second kappa shape index (κ2) is 29.2. The van der Waals surface area contributed by atoms with E-state index in [1.165, 1.54) is 19.1 Å². The number of nitrogens with one attached hydrogen (secondary N) is 8. The number of rotatable bonds is 14. The average Bonchev–Trinajstić information content (AvgIpc) is 3.82. The molecule has 1 fully saturated rings. The Kier molecular flexibility index (Phi) is 22.3. The van der Waals surface area contributed by atoms with Crippen molar-refractivity contribution >= 4 is 79.8 Å². The van der Waals surface area contributed by atoms with E-state index in [1.807, 2.05) is 18.2 Å². The second-order valence-electron chi connectivity index (χ2n) is 18.7. The van der Waals surface area contributed by atoms with E-state index < -0.39 is 102 Å². The van der Waals surface area contributed by atoms with Crippen LogP contribution in [-0.2, 0) is 64.0 Å². The zero-order valence-electron chi connectivity index (χ0n) is 42.3. The summed E-state index contributed by atoms with van der Waals surface area (Å²) in [7, 11) is 2.04. The molecule has 0 radical (unpaired) electrons. The van der Waals surface area contributed by atoms with Crippen molar-refractivity contribution in [1.82, 2.24) is 42.2 Å². The molecular weight excluding hydrogens is 1030 g/mol. The molecule has 23 heteroatoms. The molecule has 0 spiro atoms. The molecule has 7 amide bonds. The van der Waals surface area contributed by atoms with Gasteiger partial charge < -0.3 is 69.0 Å². The largest absolute Gasteiger partial charge is 0.508 e. The summed E-state index contributed by atoms with van der Waals surface area (Å²) in [6, 6.07) is 19.1. The maximum atomic E-state index is 14.9. The first-order valence-electron chi connectivity index (χ1n) is 25.1. The van der Waals surface area contributed by atoms with Gasteiger partial charge in [0.1, 0.15) is 48.0 Å². The van der Waals surface area contributed by atoms with Crippen molar-refractivity contribution in [3.05, 3.63) is 138 Å². The molecule has 1 aliphatic heterocycles. The number of fused-ring (bicyclic) bond motifs is 1. The van der Waals surface area contributed by atoms with Gasteiger partial charge in [0.05, 0.1) is 12.1 Å². The van der Waals surface area contributed by atoms with Crippen LogP contribution in [0.2, 0.25) is 0 Å². The monoisotopic (exact) mass is 1090 g/mol. The highest BCUT2D eigenvalue weighted by Crippen LogP contribution is 2.24. The van der Waals surface area contributed by atoms with E-state index >= 15 is 0 Å². The lowest BCUT2D eigenvalue weighted by Crippen LogP contribution is -2.62. The topological polar surface area (TPSA) is 349 Å². The molecule has 21 nitrogen and oxygen atoms in total. The lowest BCUT2D eigenvalue weighted by molar-refractivity contribution is -0.141. The molecule has 2 heterocycles. The van der Waals surface area contributed by atoms with Crippen molar-refractivity contribution in [2.75, 3.05) is 18.1 Å². The Hall–Kier alpha value is -7.44. The van der Waals surface area contributed by atoms with Gasteiger partial charge in [-0.1, -0.05) is 113 Å². The number of phenols is 1. The van der Waals surface area contributed by atoms with Gasteiger partial charge in [-0.25, -0.2) is 4.79 Å². The maximum Gasteiger partial charge on any atom is 0.327 e. The van der Waals surface area contributed by atoms with E-state index in [9.17, 15) is 53.7 Å². The maximum absolute atomic E-state index is 14.9. The number of aromatic hydroxyl groups is 1. The molecule has 77 heavy (non-hydrogen) atoms. The number of aromatic nitrogens is 1. The number of carbonyl (C=O) groups excluding carboxylic acids is 7. The summed E-state index contributed by atoms with van der Waals surface area (Å²) in [4.78, 5) is 116. The van der Waals surface area contributed by atoms with Crippen molar-refractivity contribution in [3.8, 4) is 5.75 Å². The zero-order chi connectivity index (χ0) is 55.4. The van der Waals surface area contributed by atoms with E-state index in [1.54, 1.807) is 85.1 Å². The van der Waals surface area contributed by atoms with Crippen LogP contribution in [0.5, 0.6) is 5.75 Å². The number of phenolic OH excluding ortho intramolecular Hbond substituents is 1. The number of amides is 7. The normalized spacial score (nSPS) is 23.5. The van der Waals surface area contributed by atoms with E-state index in [4.69, 9.17) is 11.5 Å². The van der Waals surface area contributed by atoms with Crippen LogP contribution in [0.4, 0.5) is 0 Å². The number of carboxylic acids is 1. The Morgan fingerprint density at radius 1 is 0.571 bits per heavy atom. The summed E-state index contributed by atoms with van der Waals surface area (Å²) in [5.41, 5.74) is 15.3. The summed E-state index contributed by atoms with van der Waals surface area (Å²) < 4.78 is 0. The van der Waals surface area contributed by atoms with Gasteiger partial charge in [0.15, 0.2) is 0 Å². The van der Waals surface area contributed by atoms with Gasteiger partial charge in [0, 0.05) is 54.3 Å². The third kappa shape index (κ3) is 17.8. The molecule has 5 aromatic rings. The number of aliphatic hydroxyl groups is 1. The zero-order valence-corrected chi connectivity index (χ0v) is 43.9. The van der Waals surface area contributed by atoms with Gasteiger partial charge in [-0.2, -0.15) is 0 Å². The summed E-state index contributed by atoms with van der Waals surface area (Å²) in [5, 5.41) is 50.7. The van der Waals surface area contributed by atoms with Crippen LogP contribution in [-0.4, -0.2) is 140 Å². The number of hydrogen-bond donors (Lipinski definition) is 13. The number of hydrogen-bond acceptors (Lipinski definition) is 14. The van der Waals surface area contributed by atoms with Gasteiger partial charge in [0.2, 0.25) is 41.4 Å². The number of nitrogens with two attached hydrogens (primary N) is 2. The number of carbonyl (C=O) groups is 8. The Balaban J connectivity index is 1.40. The van der Waals surface area contributed by atoms with E-state index in [-0.39, 0.29) is 55.9 Å². The highest BCUT2D eigenvalue weighted by molar-refractivity contribution is 8.76. The predicted molar refractivity (Wildman–Crippen MR) is 293 cm³/mol. The molecule has 0 unspecified atom stereocenters. The van der Waals surface area contributed by atoms with Crippen LogP contribution >= 0.6 is 21.6 Å². The first-order chi connectivity index (χ1) is 37.0. The van der Waals surface area contributed by atoms with Crippen LogP contribution in [0.15, 0.2) is 115 Å². The number of aromatic amines is 1. The second-order valence-corrected chi connectivity index (χ2v) is 21.3. The van der Waals surface area contributed by atoms with Crippen LogP contribution < -0.4 is 48.7 Å². The third-order valence-electron chi connectivity index (χ3n) is 12.7. The molecule has 0 bridgehead atoms. The molecule has 1 aliphatic rings. The highest BCUT2D eigenvalue weighted by atomic mass is 33.1. The standard InChI is InChI=1S/C54H66N10O11S2/c1-31(65)46-53(73)62-43(25-33-14-6-3-7-15-33)51(71)63-45(54(74)75)30-77-76-29-38(56)47(67)59-41(24-32-12-4-2-5-13-32)49(69)60-42(26-34-19-21-36(66)22-20-34)50(70)61-44(27-35-28-57-39-17-9-8-16-37(35)39)52(72)58-40(48(68)64-46)18-10-11-23-55/h2-9,12-17,19-22,28,31,38,40-46,57,65-66H,10-11,18,23-27,29-30,55-56H2,1H3,(H,58,72)(H,59,67)(H,60,69)(H,61,70)(H,62,73)(H,63,71)(H,64,68)(H,74,75)/t31-,38+,40+,41+,42+,43+,44+,45+,46+/m1/s1.